The van der Waals surface area contributed by atoms with Crippen LogP contribution in [0.2, 0.25) is 0 Å². The number of aliphatic imine (C=N–C) groups is 1. The van der Waals surface area contributed by atoms with Crippen molar-refractivity contribution in [3.05, 3.63) is 59.7 Å². The molecule has 0 amide bonds. The van der Waals surface area contributed by atoms with E-state index in [9.17, 15) is 0 Å². The van der Waals surface area contributed by atoms with Gasteiger partial charge in [-0.3, -0.25) is 4.99 Å². The standard InChI is InChI=1S/C24H31N3O3.HI/c1-25-23(26-16-21-15-18-5-3-4-6-22(18)30-21)27-17-24(11-13-29-14-12-24)19-7-9-20(28-2)10-8-19;/h3-10,21H,11-17H2,1-2H3,(H2,25,26,27);1H. The Balaban J connectivity index is 0.00000272. The van der Waals surface area contributed by atoms with Gasteiger partial charge in [-0.1, -0.05) is 30.3 Å². The highest BCUT2D eigenvalue weighted by molar-refractivity contribution is 14.0. The molecule has 0 radical (unpaired) electrons. The van der Waals surface area contributed by atoms with Gasteiger partial charge in [0.15, 0.2) is 5.96 Å². The predicted octanol–water partition coefficient (Wildman–Crippen LogP) is 3.53. The van der Waals surface area contributed by atoms with Gasteiger partial charge in [0, 0.05) is 38.6 Å². The summed E-state index contributed by atoms with van der Waals surface area (Å²) < 4.78 is 17.0. The molecular formula is C24H32IN3O3. The Hall–Kier alpha value is -2.00. The van der Waals surface area contributed by atoms with Crippen molar-refractivity contribution in [1.82, 2.24) is 10.6 Å². The summed E-state index contributed by atoms with van der Waals surface area (Å²) in [5, 5.41) is 6.98. The average Bonchev–Trinajstić information content (AvgIpc) is 3.23. The molecule has 1 fully saturated rings. The highest BCUT2D eigenvalue weighted by Gasteiger charge is 2.34. The molecule has 7 heteroatoms. The van der Waals surface area contributed by atoms with E-state index in [0.29, 0.717) is 6.54 Å². The van der Waals surface area contributed by atoms with Gasteiger partial charge in [0.1, 0.15) is 17.6 Å². The number of fused-ring (bicyclic) bond motifs is 1. The van der Waals surface area contributed by atoms with Crippen molar-refractivity contribution < 1.29 is 14.2 Å². The van der Waals surface area contributed by atoms with Crippen LogP contribution in [0, 0.1) is 0 Å². The first-order chi connectivity index (χ1) is 14.7. The van der Waals surface area contributed by atoms with Gasteiger partial charge in [0.05, 0.1) is 13.7 Å². The predicted molar refractivity (Wildman–Crippen MR) is 134 cm³/mol. The van der Waals surface area contributed by atoms with E-state index in [0.717, 1.165) is 56.5 Å². The molecule has 4 rings (SSSR count). The molecule has 2 aliphatic heterocycles. The quantitative estimate of drug-likeness (QED) is 0.336. The van der Waals surface area contributed by atoms with Gasteiger partial charge < -0.3 is 24.8 Å². The number of para-hydroxylation sites is 1. The fourth-order valence-electron chi connectivity index (χ4n) is 4.33. The summed E-state index contributed by atoms with van der Waals surface area (Å²) in [6, 6.07) is 16.7. The van der Waals surface area contributed by atoms with Crippen LogP contribution < -0.4 is 20.1 Å². The number of nitrogens with one attached hydrogen (secondary N) is 2. The van der Waals surface area contributed by atoms with Gasteiger partial charge >= 0.3 is 0 Å². The van der Waals surface area contributed by atoms with Crippen molar-refractivity contribution in [1.29, 1.82) is 0 Å². The Bertz CT molecular complexity index is 842. The van der Waals surface area contributed by atoms with E-state index in [-0.39, 0.29) is 35.5 Å². The first kappa shape index (κ1) is 23.7. The number of rotatable bonds is 6. The number of halogens is 1. The Labute approximate surface area is 201 Å². The molecule has 0 bridgehead atoms. The molecule has 2 aromatic rings. The smallest absolute Gasteiger partial charge is 0.191 e. The Morgan fingerprint density at radius 2 is 1.84 bits per heavy atom. The first-order valence-corrected chi connectivity index (χ1v) is 10.6. The molecule has 2 N–H and O–H groups in total. The molecular weight excluding hydrogens is 505 g/mol. The number of nitrogens with zero attached hydrogens (tertiary/aromatic N) is 1. The fraction of sp³-hybridized carbons (Fsp3) is 0.458. The van der Waals surface area contributed by atoms with Crippen molar-refractivity contribution in [2.45, 2.75) is 30.8 Å². The van der Waals surface area contributed by atoms with Crippen LogP contribution in [0.5, 0.6) is 11.5 Å². The molecule has 0 aliphatic carbocycles. The Morgan fingerprint density at radius 3 is 2.52 bits per heavy atom. The number of ether oxygens (including phenoxy) is 3. The number of hydrogen-bond donors (Lipinski definition) is 2. The highest BCUT2D eigenvalue weighted by atomic mass is 127. The topological polar surface area (TPSA) is 64.1 Å². The van der Waals surface area contributed by atoms with Gasteiger partial charge in [-0.25, -0.2) is 0 Å². The second-order valence-electron chi connectivity index (χ2n) is 7.98. The summed E-state index contributed by atoms with van der Waals surface area (Å²) in [5.41, 5.74) is 2.60. The van der Waals surface area contributed by atoms with E-state index in [4.69, 9.17) is 14.2 Å². The zero-order valence-corrected chi connectivity index (χ0v) is 20.6. The maximum Gasteiger partial charge on any atom is 0.191 e. The number of methoxy groups -OCH3 is 1. The molecule has 2 heterocycles. The average molecular weight is 537 g/mol. The van der Waals surface area contributed by atoms with Crippen LogP contribution in [0.4, 0.5) is 0 Å². The van der Waals surface area contributed by atoms with Crippen LogP contribution in [-0.4, -0.2) is 52.5 Å². The van der Waals surface area contributed by atoms with Crippen LogP contribution in [-0.2, 0) is 16.6 Å². The van der Waals surface area contributed by atoms with Gasteiger partial charge in [-0.2, -0.15) is 0 Å². The molecule has 0 spiro atoms. The zero-order chi connectivity index (χ0) is 20.8. The molecule has 1 atom stereocenters. The minimum Gasteiger partial charge on any atom is -0.497 e. The SMILES string of the molecule is CN=C(NCC1Cc2ccccc2O1)NCC1(c2ccc(OC)cc2)CCOCC1.I. The molecule has 1 saturated heterocycles. The molecule has 2 aromatic carbocycles. The summed E-state index contributed by atoms with van der Waals surface area (Å²) in [7, 11) is 3.51. The lowest BCUT2D eigenvalue weighted by atomic mass is 9.74. The lowest BCUT2D eigenvalue weighted by Gasteiger charge is -2.38. The molecule has 2 aliphatic rings. The van der Waals surface area contributed by atoms with Crippen LogP contribution in [0.15, 0.2) is 53.5 Å². The molecule has 168 valence electrons. The summed E-state index contributed by atoms with van der Waals surface area (Å²) in [6.07, 6.45) is 3.00. The van der Waals surface area contributed by atoms with Gasteiger partial charge in [0.2, 0.25) is 0 Å². The summed E-state index contributed by atoms with van der Waals surface area (Å²) in [5.74, 6) is 2.67. The van der Waals surface area contributed by atoms with Crippen LogP contribution in [0.1, 0.15) is 24.0 Å². The number of guanidine groups is 1. The third-order valence-corrected chi connectivity index (χ3v) is 6.18. The summed E-state index contributed by atoms with van der Waals surface area (Å²) >= 11 is 0. The maximum atomic E-state index is 6.03. The Kier molecular flexibility index (Phi) is 8.43. The van der Waals surface area contributed by atoms with Crippen molar-refractivity contribution in [2.75, 3.05) is 40.5 Å². The van der Waals surface area contributed by atoms with Crippen molar-refractivity contribution >= 4 is 29.9 Å². The van der Waals surface area contributed by atoms with Gasteiger partial charge in [0.25, 0.3) is 0 Å². The zero-order valence-electron chi connectivity index (χ0n) is 18.2. The van der Waals surface area contributed by atoms with Gasteiger partial charge in [-0.05, 0) is 42.2 Å². The van der Waals surface area contributed by atoms with Crippen molar-refractivity contribution in [3.63, 3.8) is 0 Å². The molecule has 31 heavy (non-hydrogen) atoms. The van der Waals surface area contributed by atoms with Crippen LogP contribution in [0.3, 0.4) is 0 Å². The van der Waals surface area contributed by atoms with Gasteiger partial charge in [-0.15, -0.1) is 24.0 Å². The van der Waals surface area contributed by atoms with Crippen LogP contribution >= 0.6 is 24.0 Å². The second kappa shape index (κ2) is 11.0. The Morgan fingerprint density at radius 1 is 1.10 bits per heavy atom. The lowest BCUT2D eigenvalue weighted by molar-refractivity contribution is 0.0513. The first-order valence-electron chi connectivity index (χ1n) is 10.6. The second-order valence-corrected chi connectivity index (χ2v) is 7.98. The largest absolute Gasteiger partial charge is 0.497 e. The monoisotopic (exact) mass is 537 g/mol. The van der Waals surface area contributed by atoms with E-state index >= 15 is 0 Å². The summed E-state index contributed by atoms with van der Waals surface area (Å²) in [4.78, 5) is 4.42. The summed E-state index contributed by atoms with van der Waals surface area (Å²) in [6.45, 7) is 3.06. The van der Waals surface area contributed by atoms with E-state index < -0.39 is 0 Å². The van der Waals surface area contributed by atoms with E-state index in [1.807, 2.05) is 31.3 Å². The van der Waals surface area contributed by atoms with Crippen LogP contribution in [0.25, 0.3) is 0 Å². The van der Waals surface area contributed by atoms with E-state index in [1.54, 1.807) is 7.11 Å². The molecule has 6 nitrogen and oxygen atoms in total. The molecule has 0 saturated carbocycles. The minimum atomic E-state index is 0. The number of hydrogen-bond acceptors (Lipinski definition) is 4. The molecule has 1 unspecified atom stereocenters. The van der Waals surface area contributed by atoms with Crippen molar-refractivity contribution in [3.8, 4) is 11.5 Å². The third kappa shape index (κ3) is 5.63. The van der Waals surface area contributed by atoms with Crippen molar-refractivity contribution in [2.24, 2.45) is 4.99 Å². The lowest BCUT2D eigenvalue weighted by Crippen LogP contribution is -2.49. The maximum absolute atomic E-state index is 6.03. The fourth-order valence-corrected chi connectivity index (χ4v) is 4.33. The number of benzene rings is 2. The normalized spacial score (nSPS) is 19.5. The van der Waals surface area contributed by atoms with E-state index in [2.05, 4.69) is 39.9 Å². The van der Waals surface area contributed by atoms with E-state index in [1.165, 1.54) is 11.1 Å². The highest BCUT2D eigenvalue weighted by Crippen LogP contribution is 2.35. The third-order valence-electron chi connectivity index (χ3n) is 6.18. The minimum absolute atomic E-state index is 0. The molecule has 0 aromatic heterocycles.